The summed E-state index contributed by atoms with van der Waals surface area (Å²) in [4.78, 5) is 0. The number of rotatable bonds is 6. The highest BCUT2D eigenvalue weighted by Crippen LogP contribution is 2.14. The molecule has 12 heavy (non-hydrogen) atoms. The van der Waals surface area contributed by atoms with Crippen molar-refractivity contribution in [1.29, 1.82) is 0 Å². The monoisotopic (exact) mass is 170 g/mol. The van der Waals surface area contributed by atoms with Gasteiger partial charge in [-0.15, -0.1) is 0 Å². The molecule has 1 heteroatoms. The average Bonchev–Trinajstić information content (AvgIpc) is 2.12. The summed E-state index contributed by atoms with van der Waals surface area (Å²) in [6.07, 6.45) is 6.95. The average molecular weight is 170 g/mol. The highest BCUT2D eigenvalue weighted by Gasteiger charge is 2.00. The van der Waals surface area contributed by atoms with Gasteiger partial charge in [0.15, 0.2) is 0 Å². The van der Waals surface area contributed by atoms with Gasteiger partial charge in [0.1, 0.15) is 0 Å². The summed E-state index contributed by atoms with van der Waals surface area (Å²) in [7, 11) is 0. The molecule has 0 fully saturated rings. The van der Waals surface area contributed by atoms with E-state index in [4.69, 9.17) is 5.11 Å². The molecule has 0 aromatic carbocycles. The maximum Gasteiger partial charge on any atom is 0.0456 e. The normalized spacial score (nSPS) is 14.8. The van der Waals surface area contributed by atoms with Crippen LogP contribution < -0.4 is 0 Å². The summed E-state index contributed by atoms with van der Waals surface area (Å²) in [5.74, 6) is 0.472. The lowest BCUT2D eigenvalue weighted by Crippen LogP contribution is -2.00. The number of aliphatic hydroxyl groups excluding tert-OH is 1. The molecule has 1 atom stereocenters. The topological polar surface area (TPSA) is 20.2 Å². The molecule has 0 radical (unpaired) electrons. The highest BCUT2D eigenvalue weighted by atomic mass is 16.3. The van der Waals surface area contributed by atoms with Crippen LogP contribution in [-0.4, -0.2) is 11.7 Å². The minimum Gasteiger partial charge on any atom is -0.396 e. The molecule has 1 N–H and O–H groups in total. The maximum absolute atomic E-state index is 8.80. The summed E-state index contributed by atoms with van der Waals surface area (Å²) in [6.45, 7) is 6.73. The lowest BCUT2D eigenvalue weighted by Gasteiger charge is -2.07. The molecule has 0 heterocycles. The van der Waals surface area contributed by atoms with Crippen LogP contribution in [0.4, 0.5) is 0 Å². The summed E-state index contributed by atoms with van der Waals surface area (Å²) in [5, 5.41) is 8.80. The minimum atomic E-state index is 0.331. The predicted molar refractivity (Wildman–Crippen MR) is 54.1 cm³/mol. The van der Waals surface area contributed by atoms with Crippen LogP contribution in [0, 0.1) is 5.92 Å². The van der Waals surface area contributed by atoms with E-state index >= 15 is 0 Å². The molecule has 0 saturated carbocycles. The quantitative estimate of drug-likeness (QED) is 0.607. The Balaban J connectivity index is 3.42. The summed E-state index contributed by atoms with van der Waals surface area (Å²) in [6, 6.07) is 0. The molecule has 0 aliphatic carbocycles. The zero-order valence-corrected chi connectivity index (χ0v) is 8.64. The zero-order chi connectivity index (χ0) is 9.40. The Morgan fingerprint density at radius 2 is 2.17 bits per heavy atom. The molecule has 1 unspecified atom stereocenters. The van der Waals surface area contributed by atoms with Gasteiger partial charge in [0, 0.05) is 6.61 Å². The van der Waals surface area contributed by atoms with Crippen molar-refractivity contribution in [2.45, 2.75) is 46.5 Å². The Bertz CT molecular complexity index is 127. The molecule has 0 bridgehead atoms. The number of hydrogen-bond donors (Lipinski definition) is 1. The summed E-state index contributed by atoms with van der Waals surface area (Å²) >= 11 is 0. The van der Waals surface area contributed by atoms with Crippen molar-refractivity contribution in [2.24, 2.45) is 5.92 Å². The Labute approximate surface area is 76.5 Å². The molecule has 0 amide bonds. The Hall–Kier alpha value is -0.300. The molecule has 1 nitrogen and oxygen atoms in total. The van der Waals surface area contributed by atoms with Crippen LogP contribution in [0.5, 0.6) is 0 Å². The molecule has 0 aromatic heterocycles. The summed E-state index contributed by atoms with van der Waals surface area (Å²) < 4.78 is 0. The number of hydrogen-bond acceptors (Lipinski definition) is 1. The zero-order valence-electron chi connectivity index (χ0n) is 8.64. The van der Waals surface area contributed by atoms with Gasteiger partial charge in [-0.2, -0.15) is 0 Å². The van der Waals surface area contributed by atoms with E-state index in [0.717, 1.165) is 6.42 Å². The fraction of sp³-hybridized carbons (Fsp3) is 0.818. The third-order valence-electron chi connectivity index (χ3n) is 2.37. The van der Waals surface area contributed by atoms with Gasteiger partial charge in [-0.05, 0) is 38.5 Å². The maximum atomic E-state index is 8.80. The van der Waals surface area contributed by atoms with E-state index in [1.54, 1.807) is 5.57 Å². The first-order valence-electron chi connectivity index (χ1n) is 4.99. The predicted octanol–water partition coefficient (Wildman–Crippen LogP) is 3.14. The SMILES string of the molecule is CC=C(CC)CCCC(C)CO. The fourth-order valence-electron chi connectivity index (χ4n) is 1.29. The van der Waals surface area contributed by atoms with Crippen molar-refractivity contribution < 1.29 is 5.11 Å². The fourth-order valence-corrected chi connectivity index (χ4v) is 1.29. The van der Waals surface area contributed by atoms with E-state index in [1.807, 2.05) is 0 Å². The van der Waals surface area contributed by atoms with Crippen LogP contribution in [0.3, 0.4) is 0 Å². The molecular formula is C11H22O. The van der Waals surface area contributed by atoms with Gasteiger partial charge in [0.25, 0.3) is 0 Å². The molecule has 72 valence electrons. The largest absolute Gasteiger partial charge is 0.396 e. The lowest BCUT2D eigenvalue weighted by molar-refractivity contribution is 0.228. The second-order valence-corrected chi connectivity index (χ2v) is 3.48. The number of allylic oxidation sites excluding steroid dienone is 2. The molecular weight excluding hydrogens is 148 g/mol. The van der Waals surface area contributed by atoms with E-state index in [1.165, 1.54) is 19.3 Å². The van der Waals surface area contributed by atoms with E-state index in [9.17, 15) is 0 Å². The van der Waals surface area contributed by atoms with E-state index < -0.39 is 0 Å². The van der Waals surface area contributed by atoms with Crippen LogP contribution >= 0.6 is 0 Å². The summed E-state index contributed by atoms with van der Waals surface area (Å²) in [5.41, 5.74) is 1.54. The first-order chi connectivity index (χ1) is 5.74. The molecule has 0 spiro atoms. The first-order valence-corrected chi connectivity index (χ1v) is 4.99. The van der Waals surface area contributed by atoms with Gasteiger partial charge >= 0.3 is 0 Å². The van der Waals surface area contributed by atoms with Gasteiger partial charge in [0.05, 0.1) is 0 Å². The van der Waals surface area contributed by atoms with Crippen LogP contribution in [-0.2, 0) is 0 Å². The Morgan fingerprint density at radius 3 is 2.58 bits per heavy atom. The molecule has 0 aromatic rings. The van der Waals surface area contributed by atoms with Crippen LogP contribution in [0.1, 0.15) is 46.5 Å². The van der Waals surface area contributed by atoms with Crippen molar-refractivity contribution in [3.8, 4) is 0 Å². The first kappa shape index (κ1) is 11.7. The smallest absolute Gasteiger partial charge is 0.0456 e. The van der Waals surface area contributed by atoms with Crippen molar-refractivity contribution >= 4 is 0 Å². The third-order valence-corrected chi connectivity index (χ3v) is 2.37. The molecule has 0 rings (SSSR count). The lowest BCUT2D eigenvalue weighted by atomic mass is 10.0. The van der Waals surface area contributed by atoms with Gasteiger partial charge in [-0.25, -0.2) is 0 Å². The highest BCUT2D eigenvalue weighted by molar-refractivity contribution is 4.98. The minimum absolute atomic E-state index is 0.331. The van der Waals surface area contributed by atoms with E-state index in [-0.39, 0.29) is 0 Å². The second kappa shape index (κ2) is 7.35. The van der Waals surface area contributed by atoms with Crippen molar-refractivity contribution in [2.75, 3.05) is 6.61 Å². The van der Waals surface area contributed by atoms with E-state index in [2.05, 4.69) is 26.8 Å². The van der Waals surface area contributed by atoms with Gasteiger partial charge in [-0.3, -0.25) is 0 Å². The third kappa shape index (κ3) is 5.36. The standard InChI is InChI=1S/C11H22O/c1-4-11(5-2)8-6-7-10(3)9-12/h4,10,12H,5-9H2,1-3H3. The van der Waals surface area contributed by atoms with Gasteiger partial charge < -0.3 is 5.11 Å². The van der Waals surface area contributed by atoms with Gasteiger partial charge in [0.2, 0.25) is 0 Å². The van der Waals surface area contributed by atoms with Crippen molar-refractivity contribution in [3.05, 3.63) is 11.6 Å². The number of aliphatic hydroxyl groups is 1. The van der Waals surface area contributed by atoms with Crippen LogP contribution in [0.2, 0.25) is 0 Å². The van der Waals surface area contributed by atoms with Crippen molar-refractivity contribution in [3.63, 3.8) is 0 Å². The Kier molecular flexibility index (Phi) is 7.17. The molecule has 0 aliphatic heterocycles. The van der Waals surface area contributed by atoms with Crippen LogP contribution in [0.15, 0.2) is 11.6 Å². The van der Waals surface area contributed by atoms with Crippen molar-refractivity contribution in [1.82, 2.24) is 0 Å². The molecule has 0 saturated heterocycles. The molecule has 0 aliphatic rings. The van der Waals surface area contributed by atoms with Crippen LogP contribution in [0.25, 0.3) is 0 Å². The second-order valence-electron chi connectivity index (χ2n) is 3.48. The van der Waals surface area contributed by atoms with Gasteiger partial charge in [-0.1, -0.05) is 25.5 Å². The Morgan fingerprint density at radius 1 is 1.50 bits per heavy atom. The van der Waals surface area contributed by atoms with E-state index in [0.29, 0.717) is 12.5 Å².